The number of nitrogens with zero attached hydrogens (tertiary/aromatic N) is 4. The third kappa shape index (κ3) is 4.28. The van der Waals surface area contributed by atoms with Crippen LogP contribution in [0.5, 0.6) is 0 Å². The lowest BCUT2D eigenvalue weighted by atomic mass is 10.0. The van der Waals surface area contributed by atoms with E-state index in [0.717, 1.165) is 10.6 Å². The molecule has 0 aliphatic carbocycles. The fourth-order valence-corrected chi connectivity index (χ4v) is 3.67. The second-order valence-corrected chi connectivity index (χ2v) is 7.24. The largest absolute Gasteiger partial charge is 0.454 e. The van der Waals surface area contributed by atoms with Crippen molar-refractivity contribution in [3.05, 3.63) is 72.7 Å². The summed E-state index contributed by atoms with van der Waals surface area (Å²) in [7, 11) is 0. The zero-order valence-corrected chi connectivity index (χ0v) is 17.0. The van der Waals surface area contributed by atoms with Crippen LogP contribution < -0.4 is 10.7 Å². The molecule has 0 bridgehead atoms. The average molecular weight is 456 g/mol. The Bertz CT molecular complexity index is 1360. The maximum absolute atomic E-state index is 12.6. The minimum atomic E-state index is -0.902. The maximum Gasteiger partial charge on any atom is 0.420 e. The highest BCUT2D eigenvalue weighted by atomic mass is 16.6. The number of non-ortho nitro benzene ring substituents is 2. The highest BCUT2D eigenvalue weighted by molar-refractivity contribution is 5.96. The Morgan fingerprint density at radius 2 is 1.76 bits per heavy atom. The van der Waals surface area contributed by atoms with Crippen LogP contribution in [0.4, 0.5) is 17.1 Å². The number of hydrogen-bond acceptors (Lipinski definition) is 9. The van der Waals surface area contributed by atoms with Gasteiger partial charge in [-0.2, -0.15) is 0 Å². The van der Waals surface area contributed by atoms with E-state index in [1.54, 1.807) is 0 Å². The van der Waals surface area contributed by atoms with Crippen molar-refractivity contribution in [3.63, 3.8) is 0 Å². The first-order valence-corrected chi connectivity index (χ1v) is 9.75. The fourth-order valence-electron chi connectivity index (χ4n) is 3.67. The van der Waals surface area contributed by atoms with E-state index in [0.29, 0.717) is 30.6 Å². The van der Waals surface area contributed by atoms with Crippen molar-refractivity contribution in [3.8, 4) is 0 Å². The molecule has 0 fully saturated rings. The number of nitro groups is 2. The zero-order valence-electron chi connectivity index (χ0n) is 17.0. The second-order valence-electron chi connectivity index (χ2n) is 7.24. The monoisotopic (exact) mass is 456 g/mol. The number of rotatable bonds is 6. The number of anilines is 1. The minimum Gasteiger partial charge on any atom is -0.454 e. The summed E-state index contributed by atoms with van der Waals surface area (Å²) in [6.07, 6.45) is 1.17. The summed E-state index contributed by atoms with van der Waals surface area (Å²) in [4.78, 5) is 59.0. The summed E-state index contributed by atoms with van der Waals surface area (Å²) in [5.74, 6) is -2.30. The zero-order chi connectivity index (χ0) is 23.7. The van der Waals surface area contributed by atoms with Gasteiger partial charge in [0, 0.05) is 30.4 Å². The van der Waals surface area contributed by atoms with E-state index in [9.17, 15) is 34.6 Å². The highest BCUT2D eigenvalue weighted by Gasteiger charge is 2.25. The molecule has 1 aromatic heterocycles. The maximum atomic E-state index is 12.6. The molecule has 0 spiro atoms. The van der Waals surface area contributed by atoms with Crippen molar-refractivity contribution in [1.29, 1.82) is 0 Å². The molecule has 13 nitrogen and oxygen atoms in total. The lowest BCUT2D eigenvalue weighted by Gasteiger charge is -2.29. The molecule has 170 valence electrons. The second kappa shape index (κ2) is 8.53. The van der Waals surface area contributed by atoms with Crippen LogP contribution in [0, 0.1) is 20.2 Å². The molecule has 4 rings (SSSR count). The molecule has 33 heavy (non-hydrogen) atoms. The van der Waals surface area contributed by atoms with Crippen LogP contribution in [0.1, 0.15) is 12.0 Å². The number of aryl methyl sites for hydroxylation is 1. The minimum absolute atomic E-state index is 0.0582. The third-order valence-corrected chi connectivity index (χ3v) is 5.20. The molecule has 3 aromatic rings. The van der Waals surface area contributed by atoms with Gasteiger partial charge in [-0.15, -0.1) is 0 Å². The number of amides is 1. The van der Waals surface area contributed by atoms with Crippen LogP contribution in [-0.2, 0) is 27.3 Å². The van der Waals surface area contributed by atoms with Crippen LogP contribution in [0.15, 0.2) is 45.6 Å². The van der Waals surface area contributed by atoms with Gasteiger partial charge in [-0.1, -0.05) is 0 Å². The van der Waals surface area contributed by atoms with Gasteiger partial charge in [0.25, 0.3) is 17.3 Å². The first-order chi connectivity index (χ1) is 15.7. The van der Waals surface area contributed by atoms with Crippen molar-refractivity contribution in [2.45, 2.75) is 19.4 Å². The van der Waals surface area contributed by atoms with Gasteiger partial charge in [0.05, 0.1) is 21.4 Å². The lowest BCUT2D eigenvalue weighted by Crippen LogP contribution is -2.38. The molecule has 0 radical (unpaired) electrons. The third-order valence-electron chi connectivity index (χ3n) is 5.20. The molecule has 13 heteroatoms. The van der Waals surface area contributed by atoms with Gasteiger partial charge in [-0.3, -0.25) is 34.4 Å². The van der Waals surface area contributed by atoms with Crippen molar-refractivity contribution >= 4 is 40.0 Å². The summed E-state index contributed by atoms with van der Waals surface area (Å²) in [6, 6.07) is 7.73. The number of fused-ring (bicyclic) bond motifs is 2. The van der Waals surface area contributed by atoms with Crippen LogP contribution in [0.2, 0.25) is 0 Å². The van der Waals surface area contributed by atoms with Crippen LogP contribution in [-0.4, -0.2) is 39.4 Å². The Kier molecular flexibility index (Phi) is 5.60. The number of nitro benzene ring substituents is 2. The van der Waals surface area contributed by atoms with Gasteiger partial charge in [-0.25, -0.2) is 4.79 Å². The summed E-state index contributed by atoms with van der Waals surface area (Å²) in [5, 5.41) is 21.8. The number of carbonyl (C=O) groups excluding carboxylic acids is 2. The molecule has 2 heterocycles. The molecule has 0 atom stereocenters. The van der Waals surface area contributed by atoms with Crippen LogP contribution >= 0.6 is 0 Å². The molecule has 2 aromatic carbocycles. The number of benzene rings is 2. The molecule has 0 unspecified atom stereocenters. The Morgan fingerprint density at radius 1 is 1.06 bits per heavy atom. The Hall–Kier alpha value is -4.55. The van der Waals surface area contributed by atoms with Crippen LogP contribution in [0.25, 0.3) is 11.1 Å². The van der Waals surface area contributed by atoms with Crippen molar-refractivity contribution in [2.24, 2.45) is 0 Å². The van der Waals surface area contributed by atoms with Gasteiger partial charge < -0.3 is 14.1 Å². The standard InChI is InChI=1S/C20H16N4O9/c25-18(21-7-1-2-12-8-13(23(28)29)3-5-15(12)21)11-32-19(26)10-22-16-6-4-14(24(30)31)9-17(16)33-20(22)27/h3-6,8-9H,1-2,7,10-11H2. The highest BCUT2D eigenvalue weighted by Crippen LogP contribution is 2.30. The van der Waals surface area contributed by atoms with Gasteiger partial charge >= 0.3 is 11.7 Å². The predicted octanol–water partition coefficient (Wildman–Crippen LogP) is 1.93. The molecule has 1 aliphatic rings. The number of esters is 1. The first kappa shape index (κ1) is 21.7. The number of aromatic nitrogens is 1. The van der Waals surface area contributed by atoms with Crippen molar-refractivity contribution < 1.29 is 28.6 Å². The Balaban J connectivity index is 1.43. The SMILES string of the molecule is O=C(Cn1c(=O)oc2cc([N+](=O)[O-])ccc21)OCC(=O)N1CCCc2cc([N+](=O)[O-])ccc21. The predicted molar refractivity (Wildman–Crippen MR) is 112 cm³/mol. The first-order valence-electron chi connectivity index (χ1n) is 9.75. The molecular formula is C20H16N4O9. The summed E-state index contributed by atoms with van der Waals surface area (Å²) < 4.78 is 10.9. The molecule has 0 N–H and O–H groups in total. The van der Waals surface area contributed by atoms with E-state index in [1.807, 2.05) is 0 Å². The number of carbonyl (C=O) groups is 2. The van der Waals surface area contributed by atoms with Gasteiger partial charge in [-0.05, 0) is 30.5 Å². The molecule has 1 aliphatic heterocycles. The van der Waals surface area contributed by atoms with Gasteiger partial charge in [0.1, 0.15) is 6.54 Å². The smallest absolute Gasteiger partial charge is 0.420 e. The van der Waals surface area contributed by atoms with E-state index in [2.05, 4.69) is 0 Å². The van der Waals surface area contributed by atoms with Crippen molar-refractivity contribution in [1.82, 2.24) is 4.57 Å². The lowest BCUT2D eigenvalue weighted by molar-refractivity contribution is -0.385. The fraction of sp³-hybridized carbons (Fsp3) is 0.250. The number of ether oxygens (including phenoxy) is 1. The normalized spacial score (nSPS) is 12.9. The quantitative estimate of drug-likeness (QED) is 0.306. The topological polar surface area (TPSA) is 168 Å². The molecular weight excluding hydrogens is 440 g/mol. The van der Waals surface area contributed by atoms with E-state index in [1.165, 1.54) is 35.2 Å². The summed E-state index contributed by atoms with van der Waals surface area (Å²) >= 11 is 0. The van der Waals surface area contributed by atoms with Gasteiger partial charge in [0.15, 0.2) is 12.2 Å². The average Bonchev–Trinajstić information content (AvgIpc) is 3.10. The van der Waals surface area contributed by atoms with Crippen molar-refractivity contribution in [2.75, 3.05) is 18.1 Å². The van der Waals surface area contributed by atoms with E-state index in [4.69, 9.17) is 9.15 Å². The Morgan fingerprint density at radius 3 is 2.48 bits per heavy atom. The summed E-state index contributed by atoms with van der Waals surface area (Å²) in [6.45, 7) is -0.781. The molecule has 0 saturated heterocycles. The number of oxazole rings is 1. The van der Waals surface area contributed by atoms with E-state index < -0.39 is 40.6 Å². The molecule has 0 saturated carbocycles. The van der Waals surface area contributed by atoms with Crippen LogP contribution in [0.3, 0.4) is 0 Å². The number of hydrogen-bond donors (Lipinski definition) is 0. The molecule has 1 amide bonds. The van der Waals surface area contributed by atoms with Gasteiger partial charge in [0.2, 0.25) is 0 Å². The Labute approximate surface area is 184 Å². The van der Waals surface area contributed by atoms with E-state index >= 15 is 0 Å². The summed E-state index contributed by atoms with van der Waals surface area (Å²) in [5.41, 5.74) is 0.936. The van der Waals surface area contributed by atoms with E-state index in [-0.39, 0.29) is 22.5 Å².